The van der Waals surface area contributed by atoms with Crippen molar-refractivity contribution < 1.29 is 4.74 Å². The zero-order valence-corrected chi connectivity index (χ0v) is 7.53. The summed E-state index contributed by atoms with van der Waals surface area (Å²) in [5, 5.41) is 3.40. The topological polar surface area (TPSA) is 21.3 Å². The SMILES string of the molecule is C=CCSCCNC1COC1. The van der Waals surface area contributed by atoms with Gasteiger partial charge in [-0.05, 0) is 0 Å². The average Bonchev–Trinajstić information content (AvgIpc) is 1.93. The van der Waals surface area contributed by atoms with Crippen LogP contribution < -0.4 is 5.32 Å². The third-order valence-electron chi connectivity index (χ3n) is 1.55. The molecule has 0 amide bonds. The smallest absolute Gasteiger partial charge is 0.0643 e. The zero-order valence-electron chi connectivity index (χ0n) is 6.71. The highest BCUT2D eigenvalue weighted by Crippen LogP contribution is 2.01. The minimum atomic E-state index is 0.624. The fraction of sp³-hybridized carbons (Fsp3) is 0.750. The van der Waals surface area contributed by atoms with E-state index < -0.39 is 0 Å². The molecule has 0 aromatic carbocycles. The lowest BCUT2D eigenvalue weighted by molar-refractivity contribution is -0.00406. The summed E-state index contributed by atoms with van der Waals surface area (Å²) in [5.41, 5.74) is 0. The lowest BCUT2D eigenvalue weighted by Crippen LogP contribution is -2.46. The average molecular weight is 173 g/mol. The Hall–Kier alpha value is 0.01000. The second kappa shape index (κ2) is 5.63. The molecule has 0 aromatic heterocycles. The molecule has 1 fully saturated rings. The Morgan fingerprint density at radius 2 is 2.45 bits per heavy atom. The summed E-state index contributed by atoms with van der Waals surface area (Å²) in [6.45, 7) is 6.54. The summed E-state index contributed by atoms with van der Waals surface area (Å²) in [5.74, 6) is 2.23. The quantitative estimate of drug-likeness (QED) is 0.476. The van der Waals surface area contributed by atoms with Crippen LogP contribution in [0.25, 0.3) is 0 Å². The largest absolute Gasteiger partial charge is 0.378 e. The lowest BCUT2D eigenvalue weighted by Gasteiger charge is -2.26. The van der Waals surface area contributed by atoms with Gasteiger partial charge in [0, 0.05) is 18.1 Å². The van der Waals surface area contributed by atoms with Crippen LogP contribution in [-0.2, 0) is 4.74 Å². The van der Waals surface area contributed by atoms with Crippen LogP contribution >= 0.6 is 11.8 Å². The summed E-state index contributed by atoms with van der Waals surface area (Å²) in [6, 6.07) is 0.624. The van der Waals surface area contributed by atoms with E-state index in [0.717, 1.165) is 25.5 Å². The van der Waals surface area contributed by atoms with Crippen LogP contribution in [0, 0.1) is 0 Å². The summed E-state index contributed by atoms with van der Waals surface area (Å²) in [7, 11) is 0. The maximum atomic E-state index is 5.03. The first-order valence-corrected chi connectivity index (χ1v) is 5.08. The van der Waals surface area contributed by atoms with Crippen molar-refractivity contribution in [2.24, 2.45) is 0 Å². The Bertz CT molecular complexity index is 115. The molecule has 0 saturated carbocycles. The Balaban J connectivity index is 1.76. The number of nitrogens with one attached hydrogen (secondary N) is 1. The Morgan fingerprint density at radius 1 is 1.64 bits per heavy atom. The normalized spacial score (nSPS) is 17.8. The predicted octanol–water partition coefficient (Wildman–Crippen LogP) is 0.894. The van der Waals surface area contributed by atoms with Crippen molar-refractivity contribution >= 4 is 11.8 Å². The van der Waals surface area contributed by atoms with Crippen molar-refractivity contribution in [1.29, 1.82) is 0 Å². The summed E-state index contributed by atoms with van der Waals surface area (Å²) in [6.07, 6.45) is 1.94. The first-order chi connectivity index (χ1) is 5.43. The number of thioether (sulfide) groups is 1. The van der Waals surface area contributed by atoms with Crippen molar-refractivity contribution in [3.63, 3.8) is 0 Å². The van der Waals surface area contributed by atoms with Crippen LogP contribution in [-0.4, -0.2) is 37.3 Å². The molecule has 1 heterocycles. The molecule has 0 unspecified atom stereocenters. The van der Waals surface area contributed by atoms with Crippen LogP contribution in [0.5, 0.6) is 0 Å². The standard InChI is InChI=1S/C8H15NOS/c1-2-4-11-5-3-9-8-6-10-7-8/h2,8-9H,1,3-7H2. The van der Waals surface area contributed by atoms with E-state index in [1.807, 2.05) is 17.8 Å². The number of rotatable bonds is 6. The zero-order chi connectivity index (χ0) is 7.94. The van der Waals surface area contributed by atoms with E-state index in [9.17, 15) is 0 Å². The molecule has 0 atom stereocenters. The van der Waals surface area contributed by atoms with Crippen molar-refractivity contribution in [3.8, 4) is 0 Å². The molecule has 0 radical (unpaired) electrons. The third kappa shape index (κ3) is 3.79. The van der Waals surface area contributed by atoms with E-state index in [4.69, 9.17) is 4.74 Å². The van der Waals surface area contributed by atoms with Gasteiger partial charge in [0.05, 0.1) is 19.3 Å². The molecular weight excluding hydrogens is 158 g/mol. The minimum absolute atomic E-state index is 0.624. The number of hydrogen-bond donors (Lipinski definition) is 1. The van der Waals surface area contributed by atoms with Crippen molar-refractivity contribution in [2.75, 3.05) is 31.3 Å². The molecule has 1 aliphatic rings. The molecule has 0 aliphatic carbocycles. The first kappa shape index (κ1) is 9.10. The monoisotopic (exact) mass is 173 g/mol. The van der Waals surface area contributed by atoms with Gasteiger partial charge in [0.15, 0.2) is 0 Å². The van der Waals surface area contributed by atoms with Crippen LogP contribution in [0.1, 0.15) is 0 Å². The molecule has 11 heavy (non-hydrogen) atoms. The van der Waals surface area contributed by atoms with E-state index in [-0.39, 0.29) is 0 Å². The molecular formula is C8H15NOS. The van der Waals surface area contributed by atoms with Gasteiger partial charge in [0.25, 0.3) is 0 Å². The van der Waals surface area contributed by atoms with Gasteiger partial charge in [-0.25, -0.2) is 0 Å². The van der Waals surface area contributed by atoms with Gasteiger partial charge in [-0.15, -0.1) is 6.58 Å². The van der Waals surface area contributed by atoms with E-state index >= 15 is 0 Å². The second-order valence-electron chi connectivity index (χ2n) is 2.55. The molecule has 1 saturated heterocycles. The van der Waals surface area contributed by atoms with E-state index in [2.05, 4.69) is 11.9 Å². The van der Waals surface area contributed by atoms with Crippen molar-refractivity contribution in [2.45, 2.75) is 6.04 Å². The van der Waals surface area contributed by atoms with E-state index in [1.165, 1.54) is 5.75 Å². The van der Waals surface area contributed by atoms with Crippen LogP contribution in [0.15, 0.2) is 12.7 Å². The maximum absolute atomic E-state index is 5.03. The maximum Gasteiger partial charge on any atom is 0.0643 e. The lowest BCUT2D eigenvalue weighted by atomic mass is 10.3. The highest BCUT2D eigenvalue weighted by Gasteiger charge is 2.16. The van der Waals surface area contributed by atoms with Gasteiger partial charge in [-0.1, -0.05) is 6.08 Å². The van der Waals surface area contributed by atoms with Gasteiger partial charge >= 0.3 is 0 Å². The van der Waals surface area contributed by atoms with Gasteiger partial charge in [-0.3, -0.25) is 0 Å². The molecule has 0 spiro atoms. The fourth-order valence-electron chi connectivity index (χ4n) is 0.855. The number of hydrogen-bond acceptors (Lipinski definition) is 3. The Kier molecular flexibility index (Phi) is 4.66. The fourth-order valence-corrected chi connectivity index (χ4v) is 1.45. The molecule has 3 heteroatoms. The minimum Gasteiger partial charge on any atom is -0.378 e. The van der Waals surface area contributed by atoms with E-state index in [0.29, 0.717) is 6.04 Å². The molecule has 1 N–H and O–H groups in total. The second-order valence-corrected chi connectivity index (χ2v) is 3.70. The molecule has 0 aromatic rings. The van der Waals surface area contributed by atoms with Crippen LogP contribution in [0.4, 0.5) is 0 Å². The van der Waals surface area contributed by atoms with Gasteiger partial charge in [0.1, 0.15) is 0 Å². The number of ether oxygens (including phenoxy) is 1. The van der Waals surface area contributed by atoms with Crippen molar-refractivity contribution in [3.05, 3.63) is 12.7 Å². The molecule has 0 bridgehead atoms. The van der Waals surface area contributed by atoms with Crippen molar-refractivity contribution in [1.82, 2.24) is 5.32 Å². The third-order valence-corrected chi connectivity index (χ3v) is 2.52. The summed E-state index contributed by atoms with van der Waals surface area (Å²) >= 11 is 1.91. The summed E-state index contributed by atoms with van der Waals surface area (Å²) in [4.78, 5) is 0. The van der Waals surface area contributed by atoms with E-state index in [1.54, 1.807) is 0 Å². The van der Waals surface area contributed by atoms with Crippen LogP contribution in [0.3, 0.4) is 0 Å². The molecule has 64 valence electrons. The highest BCUT2D eigenvalue weighted by atomic mass is 32.2. The van der Waals surface area contributed by atoms with Gasteiger partial charge < -0.3 is 10.1 Å². The first-order valence-electron chi connectivity index (χ1n) is 3.93. The van der Waals surface area contributed by atoms with Gasteiger partial charge in [0.2, 0.25) is 0 Å². The summed E-state index contributed by atoms with van der Waals surface area (Å²) < 4.78 is 5.03. The molecule has 1 aliphatic heterocycles. The molecule has 2 nitrogen and oxygen atoms in total. The van der Waals surface area contributed by atoms with Gasteiger partial charge in [-0.2, -0.15) is 11.8 Å². The Labute approximate surface area is 72.4 Å². The predicted molar refractivity (Wildman–Crippen MR) is 50.1 cm³/mol. The Morgan fingerprint density at radius 3 is 3.00 bits per heavy atom. The molecule has 1 rings (SSSR count). The van der Waals surface area contributed by atoms with Crippen LogP contribution in [0.2, 0.25) is 0 Å². The highest BCUT2D eigenvalue weighted by molar-refractivity contribution is 7.99.